The summed E-state index contributed by atoms with van der Waals surface area (Å²) < 4.78 is 27.2. The van der Waals surface area contributed by atoms with Gasteiger partial charge in [0.25, 0.3) is 0 Å². The maximum Gasteiger partial charge on any atom is 0.236 e. The first kappa shape index (κ1) is 21.2. The highest BCUT2D eigenvalue weighted by Gasteiger charge is 2.23. The van der Waals surface area contributed by atoms with Gasteiger partial charge in [0.15, 0.2) is 10.3 Å². The normalized spacial score (nSPS) is 11.5. The summed E-state index contributed by atoms with van der Waals surface area (Å²) in [5.41, 5.74) is 2.99. The van der Waals surface area contributed by atoms with Crippen LogP contribution < -0.4 is 9.62 Å². The van der Waals surface area contributed by atoms with Gasteiger partial charge >= 0.3 is 0 Å². The quantitative estimate of drug-likeness (QED) is 0.409. The Kier molecular flexibility index (Phi) is 5.65. The molecule has 0 saturated heterocycles. The molecule has 2 aromatic heterocycles. The van der Waals surface area contributed by atoms with E-state index in [1.165, 1.54) is 22.6 Å². The molecule has 0 saturated carbocycles. The molecular weight excluding hydrogens is 456 g/mol. The zero-order valence-corrected chi connectivity index (χ0v) is 18.9. The smallest absolute Gasteiger partial charge is 0.236 e. The molecule has 0 aliphatic carbocycles. The third kappa shape index (κ3) is 4.53. The molecule has 158 valence electrons. The third-order valence-corrected chi connectivity index (χ3v) is 6.66. The number of rotatable bonds is 5. The summed E-state index contributed by atoms with van der Waals surface area (Å²) in [6.07, 6.45) is 2.71. The Bertz CT molecular complexity index is 1390. The zero-order chi connectivity index (χ0) is 22.2. The summed E-state index contributed by atoms with van der Waals surface area (Å²) in [5.74, 6) is -0.187. The van der Waals surface area contributed by atoms with Crippen LogP contribution in [0, 0.1) is 0 Å². The predicted octanol–water partition coefficient (Wildman–Crippen LogP) is 5.07. The number of aromatic nitrogens is 2. The molecule has 0 unspecified atom stereocenters. The SMILES string of the molecule is CC(=O)Nc1nc2ccc(-c3cnc(Cl)c(N(c4ccccc4)S(C)(=O)=O)c3)cc2s1. The van der Waals surface area contributed by atoms with Crippen molar-refractivity contribution < 1.29 is 13.2 Å². The fourth-order valence-electron chi connectivity index (χ4n) is 3.12. The number of carbonyl (C=O) groups excluding carboxylic acids is 1. The number of anilines is 3. The van der Waals surface area contributed by atoms with Crippen molar-refractivity contribution in [3.8, 4) is 11.1 Å². The van der Waals surface area contributed by atoms with E-state index in [0.717, 1.165) is 22.0 Å². The van der Waals surface area contributed by atoms with E-state index in [9.17, 15) is 13.2 Å². The lowest BCUT2D eigenvalue weighted by atomic mass is 10.1. The first-order valence-corrected chi connectivity index (χ1v) is 12.2. The molecule has 1 N–H and O–H groups in total. The van der Waals surface area contributed by atoms with Crippen molar-refractivity contribution in [2.75, 3.05) is 15.9 Å². The fourth-order valence-corrected chi connectivity index (χ4v) is 5.31. The maximum absolute atomic E-state index is 12.6. The molecular formula is C21H17ClN4O3S2. The molecule has 4 aromatic rings. The van der Waals surface area contributed by atoms with Gasteiger partial charge in [0.05, 0.1) is 27.8 Å². The fraction of sp³-hybridized carbons (Fsp3) is 0.0952. The number of pyridine rings is 1. The van der Waals surface area contributed by atoms with E-state index < -0.39 is 10.0 Å². The van der Waals surface area contributed by atoms with Crippen molar-refractivity contribution in [1.29, 1.82) is 0 Å². The zero-order valence-electron chi connectivity index (χ0n) is 16.5. The second-order valence-electron chi connectivity index (χ2n) is 6.78. The molecule has 1 amide bonds. The van der Waals surface area contributed by atoms with E-state index in [1.807, 2.05) is 18.2 Å². The highest BCUT2D eigenvalue weighted by atomic mass is 35.5. The van der Waals surface area contributed by atoms with Crippen LogP contribution in [0.1, 0.15) is 6.92 Å². The first-order valence-electron chi connectivity index (χ1n) is 9.12. The standard InChI is InChI=1S/C21H17ClN4O3S2/c1-13(27)24-21-25-17-9-8-14(11-19(17)30-21)15-10-18(20(22)23-12-15)26(31(2,28)29)16-6-4-3-5-7-16/h3-12H,1-2H3,(H,24,25,27). The number of fused-ring (bicyclic) bond motifs is 1. The summed E-state index contributed by atoms with van der Waals surface area (Å²) in [6, 6.07) is 16.0. The summed E-state index contributed by atoms with van der Waals surface area (Å²) in [5, 5.41) is 3.27. The lowest BCUT2D eigenvalue weighted by Crippen LogP contribution is -2.25. The second kappa shape index (κ2) is 8.26. The van der Waals surface area contributed by atoms with E-state index in [1.54, 1.807) is 42.6 Å². The predicted molar refractivity (Wildman–Crippen MR) is 126 cm³/mol. The van der Waals surface area contributed by atoms with Crippen molar-refractivity contribution in [2.45, 2.75) is 6.92 Å². The molecule has 31 heavy (non-hydrogen) atoms. The van der Waals surface area contributed by atoms with Crippen molar-refractivity contribution >= 4 is 65.6 Å². The molecule has 0 fully saturated rings. The van der Waals surface area contributed by atoms with Crippen LogP contribution in [0.25, 0.3) is 21.3 Å². The third-order valence-electron chi connectivity index (χ3n) is 4.37. The van der Waals surface area contributed by atoms with Gasteiger partial charge in [-0.3, -0.25) is 4.79 Å². The Labute approximate surface area is 188 Å². The molecule has 0 bridgehead atoms. The Morgan fingerprint density at radius 2 is 1.84 bits per heavy atom. The maximum atomic E-state index is 12.6. The second-order valence-corrected chi connectivity index (χ2v) is 10.00. The van der Waals surface area contributed by atoms with Gasteiger partial charge in [-0.05, 0) is 35.9 Å². The monoisotopic (exact) mass is 472 g/mol. The number of benzene rings is 2. The van der Waals surface area contributed by atoms with E-state index in [4.69, 9.17) is 11.6 Å². The molecule has 0 radical (unpaired) electrons. The van der Waals surface area contributed by atoms with E-state index in [2.05, 4.69) is 15.3 Å². The molecule has 0 aliphatic heterocycles. The molecule has 0 atom stereocenters. The molecule has 2 heterocycles. The minimum atomic E-state index is -3.67. The largest absolute Gasteiger partial charge is 0.302 e. The highest BCUT2D eigenvalue weighted by Crippen LogP contribution is 2.37. The van der Waals surface area contributed by atoms with Crippen LogP contribution in [0.4, 0.5) is 16.5 Å². The van der Waals surface area contributed by atoms with Crippen molar-refractivity contribution in [3.05, 3.63) is 65.9 Å². The van der Waals surface area contributed by atoms with Crippen LogP contribution in [0.2, 0.25) is 5.15 Å². The Balaban J connectivity index is 1.81. The van der Waals surface area contributed by atoms with Crippen LogP contribution in [0.15, 0.2) is 60.8 Å². The molecule has 2 aromatic carbocycles. The minimum absolute atomic E-state index is 0.0739. The molecule has 10 heteroatoms. The lowest BCUT2D eigenvalue weighted by molar-refractivity contribution is -0.114. The number of thiazole rings is 1. The van der Waals surface area contributed by atoms with Gasteiger partial charge in [-0.25, -0.2) is 22.7 Å². The van der Waals surface area contributed by atoms with Crippen molar-refractivity contribution in [1.82, 2.24) is 9.97 Å². The average Bonchev–Trinajstić information content (AvgIpc) is 3.10. The summed E-state index contributed by atoms with van der Waals surface area (Å²) >= 11 is 7.67. The average molecular weight is 473 g/mol. The van der Waals surface area contributed by atoms with Gasteiger partial charge in [-0.1, -0.05) is 47.2 Å². The topological polar surface area (TPSA) is 92.3 Å². The van der Waals surface area contributed by atoms with Gasteiger partial charge in [-0.2, -0.15) is 0 Å². The number of hydrogen-bond acceptors (Lipinski definition) is 6. The van der Waals surface area contributed by atoms with Gasteiger partial charge in [0.1, 0.15) is 0 Å². The number of carbonyl (C=O) groups is 1. The lowest BCUT2D eigenvalue weighted by Gasteiger charge is -2.23. The van der Waals surface area contributed by atoms with Crippen LogP contribution in [-0.2, 0) is 14.8 Å². The number of para-hydroxylation sites is 1. The summed E-state index contributed by atoms with van der Waals surface area (Å²) in [7, 11) is -3.67. The van der Waals surface area contributed by atoms with Gasteiger partial charge in [0, 0.05) is 18.7 Å². The Morgan fingerprint density at radius 3 is 2.52 bits per heavy atom. The van der Waals surface area contributed by atoms with E-state index in [-0.39, 0.29) is 16.7 Å². The number of hydrogen-bond donors (Lipinski definition) is 1. The van der Waals surface area contributed by atoms with Crippen molar-refractivity contribution in [2.24, 2.45) is 0 Å². The summed E-state index contributed by atoms with van der Waals surface area (Å²) in [6.45, 7) is 1.43. The number of nitrogens with one attached hydrogen (secondary N) is 1. The van der Waals surface area contributed by atoms with Crippen LogP contribution in [0.5, 0.6) is 0 Å². The molecule has 0 spiro atoms. The van der Waals surface area contributed by atoms with Gasteiger partial charge in [0.2, 0.25) is 15.9 Å². The summed E-state index contributed by atoms with van der Waals surface area (Å²) in [4.78, 5) is 19.9. The Morgan fingerprint density at radius 1 is 1.10 bits per heavy atom. The highest BCUT2D eigenvalue weighted by molar-refractivity contribution is 7.92. The molecule has 4 rings (SSSR count). The van der Waals surface area contributed by atoms with E-state index in [0.29, 0.717) is 16.4 Å². The minimum Gasteiger partial charge on any atom is -0.302 e. The van der Waals surface area contributed by atoms with Gasteiger partial charge < -0.3 is 5.32 Å². The number of sulfonamides is 1. The van der Waals surface area contributed by atoms with E-state index >= 15 is 0 Å². The number of amides is 1. The van der Waals surface area contributed by atoms with Crippen LogP contribution in [0.3, 0.4) is 0 Å². The number of halogens is 1. The van der Waals surface area contributed by atoms with Gasteiger partial charge in [-0.15, -0.1) is 0 Å². The van der Waals surface area contributed by atoms with Crippen molar-refractivity contribution in [3.63, 3.8) is 0 Å². The molecule has 0 aliphatic rings. The Hall–Kier alpha value is -3.01. The first-order chi connectivity index (χ1) is 14.7. The van der Waals surface area contributed by atoms with Crippen LogP contribution >= 0.6 is 22.9 Å². The molecule has 7 nitrogen and oxygen atoms in total. The van der Waals surface area contributed by atoms with Crippen LogP contribution in [-0.4, -0.2) is 30.5 Å². The number of nitrogens with zero attached hydrogens (tertiary/aromatic N) is 3.